The van der Waals surface area contributed by atoms with E-state index in [-0.39, 0.29) is 10.8 Å². The van der Waals surface area contributed by atoms with E-state index in [1.54, 1.807) is 7.05 Å². The molecule has 0 aliphatic carbocycles. The molecule has 0 fully saturated rings. The van der Waals surface area contributed by atoms with Crippen molar-refractivity contribution in [3.05, 3.63) is 29.2 Å². The molecule has 1 amide bonds. The third-order valence-electron chi connectivity index (χ3n) is 1.80. The third kappa shape index (κ3) is 2.72. The van der Waals surface area contributed by atoms with Crippen LogP contribution >= 0.6 is 11.3 Å². The van der Waals surface area contributed by atoms with Gasteiger partial charge in [-0.1, -0.05) is 11.3 Å². The lowest BCUT2D eigenvalue weighted by Gasteiger charge is -2.00. The van der Waals surface area contributed by atoms with Crippen LogP contribution in [0, 0.1) is 5.82 Å². The van der Waals surface area contributed by atoms with E-state index in [1.165, 1.54) is 12.1 Å². The van der Waals surface area contributed by atoms with Gasteiger partial charge in [0.1, 0.15) is 11.6 Å². The summed E-state index contributed by atoms with van der Waals surface area (Å²) in [4.78, 5) is 15.4. The Labute approximate surface area is 99.9 Å². The smallest absolute Gasteiger partial charge is 0.287 e. The predicted molar refractivity (Wildman–Crippen MR) is 61.6 cm³/mol. The summed E-state index contributed by atoms with van der Waals surface area (Å²) >= 11 is 1.12. The Balaban J connectivity index is 2.08. The van der Waals surface area contributed by atoms with E-state index in [0.717, 1.165) is 17.5 Å². The minimum atomic E-state index is -0.462. The van der Waals surface area contributed by atoms with E-state index < -0.39 is 11.7 Å². The van der Waals surface area contributed by atoms with Crippen molar-refractivity contribution in [2.24, 2.45) is 0 Å². The predicted octanol–water partition coefficient (Wildman–Crippen LogP) is 1.37. The Hall–Kier alpha value is -2.09. The van der Waals surface area contributed by atoms with E-state index in [4.69, 9.17) is 0 Å². The van der Waals surface area contributed by atoms with Crippen molar-refractivity contribution in [2.75, 3.05) is 17.7 Å². The quantitative estimate of drug-likeness (QED) is 0.863. The molecule has 0 unspecified atom stereocenters. The Morgan fingerprint density at radius 1 is 1.41 bits per heavy atom. The zero-order valence-corrected chi connectivity index (χ0v) is 9.58. The molecule has 0 atom stereocenters. The highest BCUT2D eigenvalue weighted by atomic mass is 32.1. The van der Waals surface area contributed by atoms with Gasteiger partial charge >= 0.3 is 0 Å². The number of hydrogen-bond acceptors (Lipinski definition) is 6. The topological polar surface area (TPSA) is 79.8 Å². The van der Waals surface area contributed by atoms with Crippen molar-refractivity contribution in [2.45, 2.75) is 0 Å². The molecule has 88 valence electrons. The largest absolute Gasteiger partial charge is 0.363 e. The van der Waals surface area contributed by atoms with Gasteiger partial charge in [0.15, 0.2) is 0 Å². The molecule has 0 saturated heterocycles. The van der Waals surface area contributed by atoms with Crippen LogP contribution in [0.5, 0.6) is 0 Å². The number of nitrogens with zero attached hydrogens (tertiary/aromatic N) is 3. The molecule has 0 bridgehead atoms. The van der Waals surface area contributed by atoms with E-state index in [2.05, 4.69) is 25.8 Å². The van der Waals surface area contributed by atoms with Gasteiger partial charge in [-0.3, -0.25) is 4.79 Å². The Morgan fingerprint density at radius 2 is 2.24 bits per heavy atom. The van der Waals surface area contributed by atoms with Gasteiger partial charge in [0.05, 0.1) is 6.20 Å². The monoisotopic (exact) mass is 253 g/mol. The van der Waals surface area contributed by atoms with E-state index in [1.807, 2.05) is 0 Å². The number of carbonyl (C=O) groups is 1. The molecular weight excluding hydrogens is 245 g/mol. The van der Waals surface area contributed by atoms with Gasteiger partial charge in [0.25, 0.3) is 5.91 Å². The molecule has 2 aromatic heterocycles. The molecule has 0 aliphatic rings. The van der Waals surface area contributed by atoms with Crippen LogP contribution in [0.2, 0.25) is 0 Å². The fourth-order valence-electron chi connectivity index (χ4n) is 1.04. The number of anilines is 2. The van der Waals surface area contributed by atoms with Gasteiger partial charge in [-0.05, 0) is 12.1 Å². The Kier molecular flexibility index (Phi) is 3.24. The van der Waals surface area contributed by atoms with Crippen LogP contribution in [0.1, 0.15) is 9.80 Å². The minimum absolute atomic E-state index is 0.209. The van der Waals surface area contributed by atoms with Gasteiger partial charge in [-0.25, -0.2) is 9.37 Å². The van der Waals surface area contributed by atoms with Crippen molar-refractivity contribution in [1.82, 2.24) is 15.2 Å². The molecule has 2 aromatic rings. The summed E-state index contributed by atoms with van der Waals surface area (Å²) in [6.07, 6.45) is 1.02. The Bertz CT molecular complexity index is 526. The number of nitrogens with one attached hydrogen (secondary N) is 2. The zero-order valence-electron chi connectivity index (χ0n) is 8.77. The van der Waals surface area contributed by atoms with Crippen molar-refractivity contribution < 1.29 is 9.18 Å². The fourth-order valence-corrected chi connectivity index (χ4v) is 1.63. The van der Waals surface area contributed by atoms with Crippen molar-refractivity contribution in [1.29, 1.82) is 0 Å². The van der Waals surface area contributed by atoms with Crippen LogP contribution < -0.4 is 10.6 Å². The summed E-state index contributed by atoms with van der Waals surface area (Å²) in [5, 5.41) is 13.4. The lowest BCUT2D eigenvalue weighted by molar-refractivity contribution is 0.102. The second kappa shape index (κ2) is 4.83. The van der Waals surface area contributed by atoms with Crippen molar-refractivity contribution in [3.63, 3.8) is 0 Å². The first-order chi connectivity index (χ1) is 8.19. The molecule has 0 radical (unpaired) electrons. The molecule has 2 rings (SSSR count). The van der Waals surface area contributed by atoms with E-state index in [0.29, 0.717) is 5.13 Å². The average molecular weight is 253 g/mol. The number of pyridine rings is 1. The summed E-state index contributed by atoms with van der Waals surface area (Å²) in [5.74, 6) is -0.628. The summed E-state index contributed by atoms with van der Waals surface area (Å²) in [7, 11) is 1.68. The lowest BCUT2D eigenvalue weighted by Crippen LogP contribution is -2.12. The zero-order chi connectivity index (χ0) is 12.3. The number of carbonyl (C=O) groups excluding carboxylic acids is 1. The molecule has 0 spiro atoms. The maximum Gasteiger partial charge on any atom is 0.287 e. The highest BCUT2D eigenvalue weighted by molar-refractivity contribution is 7.17. The highest BCUT2D eigenvalue weighted by Crippen LogP contribution is 2.15. The van der Waals surface area contributed by atoms with Gasteiger partial charge in [-0.15, -0.1) is 10.2 Å². The van der Waals surface area contributed by atoms with Crippen LogP contribution in [0.3, 0.4) is 0 Å². The average Bonchev–Trinajstić information content (AvgIpc) is 2.81. The van der Waals surface area contributed by atoms with Crippen molar-refractivity contribution >= 4 is 28.2 Å². The van der Waals surface area contributed by atoms with E-state index >= 15 is 0 Å². The Morgan fingerprint density at radius 3 is 2.82 bits per heavy atom. The molecular formula is C9H8FN5OS. The first-order valence-corrected chi connectivity index (χ1v) is 5.45. The van der Waals surface area contributed by atoms with Gasteiger partial charge in [0.2, 0.25) is 10.1 Å². The summed E-state index contributed by atoms with van der Waals surface area (Å²) in [6, 6.07) is 2.58. The third-order valence-corrected chi connectivity index (χ3v) is 2.74. The standard InChI is InChI=1S/C9H8FN5OS/c1-11-9-15-14-8(17-9)7(16)13-6-3-2-5(10)4-12-6/h2-4H,1H3,(H,11,15)(H,12,13,16). The van der Waals surface area contributed by atoms with E-state index in [9.17, 15) is 9.18 Å². The molecule has 17 heavy (non-hydrogen) atoms. The highest BCUT2D eigenvalue weighted by Gasteiger charge is 2.12. The molecule has 2 N–H and O–H groups in total. The molecule has 6 nitrogen and oxygen atoms in total. The number of amides is 1. The maximum absolute atomic E-state index is 12.6. The van der Waals surface area contributed by atoms with Gasteiger partial charge < -0.3 is 10.6 Å². The van der Waals surface area contributed by atoms with Crippen LogP contribution in [0.4, 0.5) is 15.3 Å². The van der Waals surface area contributed by atoms with Gasteiger partial charge in [0, 0.05) is 7.05 Å². The van der Waals surface area contributed by atoms with Crippen LogP contribution in [-0.2, 0) is 0 Å². The molecule has 8 heteroatoms. The number of aromatic nitrogens is 3. The lowest BCUT2D eigenvalue weighted by atomic mass is 10.4. The minimum Gasteiger partial charge on any atom is -0.363 e. The summed E-state index contributed by atoms with van der Waals surface area (Å²) < 4.78 is 12.6. The second-order valence-corrected chi connectivity index (χ2v) is 3.96. The maximum atomic E-state index is 12.6. The molecule has 0 aromatic carbocycles. The first-order valence-electron chi connectivity index (χ1n) is 4.63. The fraction of sp³-hybridized carbons (Fsp3) is 0.111. The first kappa shape index (κ1) is 11.4. The van der Waals surface area contributed by atoms with Crippen LogP contribution in [0.15, 0.2) is 18.3 Å². The van der Waals surface area contributed by atoms with Crippen molar-refractivity contribution in [3.8, 4) is 0 Å². The summed E-state index contributed by atoms with van der Waals surface area (Å²) in [6.45, 7) is 0. The van der Waals surface area contributed by atoms with Crippen LogP contribution in [0.25, 0.3) is 0 Å². The molecule has 0 aliphatic heterocycles. The normalized spacial score (nSPS) is 10.0. The number of rotatable bonds is 3. The van der Waals surface area contributed by atoms with Crippen LogP contribution in [-0.4, -0.2) is 28.1 Å². The number of halogens is 1. The summed E-state index contributed by atoms with van der Waals surface area (Å²) in [5.41, 5.74) is 0. The molecule has 0 saturated carbocycles. The number of hydrogen-bond donors (Lipinski definition) is 2. The SMILES string of the molecule is CNc1nnc(C(=O)Nc2ccc(F)cn2)s1. The molecule has 2 heterocycles. The second-order valence-electron chi connectivity index (χ2n) is 2.98. The van der Waals surface area contributed by atoms with Gasteiger partial charge in [-0.2, -0.15) is 0 Å².